The van der Waals surface area contributed by atoms with E-state index in [1.165, 1.54) is 0 Å². The fourth-order valence-electron chi connectivity index (χ4n) is 0.818. The molecule has 0 fully saturated rings. The van der Waals surface area contributed by atoms with Crippen molar-refractivity contribution in [2.24, 2.45) is 0 Å². The first-order valence-electron chi connectivity index (χ1n) is 3.83. The van der Waals surface area contributed by atoms with Crippen LogP contribution in [-0.4, -0.2) is 50.3 Å². The second-order valence-corrected chi connectivity index (χ2v) is 10.5. The number of hydrogen-bond donors (Lipinski definition) is 8. The highest BCUT2D eigenvalue weighted by molar-refractivity contribution is 7.72. The molecule has 0 unspecified atom stereocenters. The van der Waals surface area contributed by atoms with Crippen molar-refractivity contribution in [1.82, 2.24) is 0 Å². The molecule has 8 N–H and O–H groups in total. The molecule has 19 heavy (non-hydrogen) atoms. The molecular weight excluding hydrogens is 356 g/mol. The fraction of sp³-hybridized carbons (Fsp3) is 1.00. The molecule has 0 aromatic carbocycles. The van der Waals surface area contributed by atoms with Gasteiger partial charge in [-0.05, 0) is 0 Å². The predicted octanol–water partition coefficient (Wildman–Crippen LogP) is -1.72. The summed E-state index contributed by atoms with van der Waals surface area (Å²) in [5.74, 6) is 0. The van der Waals surface area contributed by atoms with E-state index in [1.807, 2.05) is 0 Å². The molecule has 0 rings (SSSR count). The van der Waals surface area contributed by atoms with Gasteiger partial charge in [-0.2, -0.15) is 0 Å². The lowest BCUT2D eigenvalue weighted by molar-refractivity contribution is 0.0966. The molecule has 116 valence electrons. The molecule has 0 amide bonds. The summed E-state index contributed by atoms with van der Waals surface area (Å²) in [6.45, 7) is 0. The fourth-order valence-corrected chi connectivity index (χ4v) is 5.46. The Bertz CT molecular complexity index is 407. The molecule has 0 atom stereocenters. The van der Waals surface area contributed by atoms with Crippen LogP contribution in [0.3, 0.4) is 0 Å². The van der Waals surface area contributed by atoms with Gasteiger partial charge in [-0.3, -0.25) is 18.3 Å². The van der Waals surface area contributed by atoms with E-state index >= 15 is 0 Å². The van der Waals surface area contributed by atoms with Crippen LogP contribution in [0, 0.1) is 0 Å². The van der Waals surface area contributed by atoms with Crippen LogP contribution in [0.4, 0.5) is 0 Å². The van der Waals surface area contributed by atoms with Crippen molar-refractivity contribution >= 4 is 30.4 Å². The largest absolute Gasteiger partial charge is 0.366 e. The highest BCUT2D eigenvalue weighted by Gasteiger charge is 2.54. The first-order valence-corrected chi connectivity index (χ1v) is 10.6. The Balaban J connectivity index is 5.69. The molecule has 17 heteroatoms. The topological polar surface area (TPSA) is 239 Å². The molecule has 0 spiro atoms. The summed E-state index contributed by atoms with van der Waals surface area (Å²) >= 11 is 0. The molecule has 0 heterocycles. The van der Waals surface area contributed by atoms with Gasteiger partial charge in [0.25, 0.3) is 11.2 Å². The zero-order valence-electron chi connectivity index (χ0n) is 8.56. The van der Waals surface area contributed by atoms with Gasteiger partial charge in [0.1, 0.15) is 0 Å². The zero-order valence-corrected chi connectivity index (χ0v) is 12.1. The van der Waals surface area contributed by atoms with Crippen LogP contribution in [0.5, 0.6) is 0 Å². The average Bonchev–Trinajstić information content (AvgIpc) is 1.91. The third-order valence-electron chi connectivity index (χ3n) is 1.39. The van der Waals surface area contributed by atoms with E-state index < -0.39 is 41.6 Å². The third-order valence-corrected chi connectivity index (χ3v) is 7.79. The van der Waals surface area contributed by atoms with E-state index in [-0.39, 0.29) is 0 Å². The van der Waals surface area contributed by atoms with Crippen LogP contribution >= 0.6 is 30.4 Å². The van der Waals surface area contributed by atoms with Gasteiger partial charge in [0.15, 0.2) is 0 Å². The van der Waals surface area contributed by atoms with E-state index in [0.717, 1.165) is 0 Å². The summed E-state index contributed by atoms with van der Waals surface area (Å²) in [5.41, 5.74) is -6.82. The number of hydrogen-bond acceptors (Lipinski definition) is 5. The molecule has 13 nitrogen and oxygen atoms in total. The van der Waals surface area contributed by atoms with Gasteiger partial charge >= 0.3 is 30.4 Å². The lowest BCUT2D eigenvalue weighted by Crippen LogP contribution is -2.23. The second-order valence-electron chi connectivity index (χ2n) is 3.15. The standard InChI is InChI=1S/C2H10O13P4/c3-16(4,5)1(17(6,7)8)15-2(18(9,10)11)19(12,13)14/h1-2H,(H2,3,4,5)(H2,6,7,8)(H2,9,10,11)(H2,12,13,14). The summed E-state index contributed by atoms with van der Waals surface area (Å²) < 4.78 is 46.6. The van der Waals surface area contributed by atoms with E-state index in [9.17, 15) is 18.3 Å². The summed E-state index contributed by atoms with van der Waals surface area (Å²) in [5, 5.41) is 0. The monoisotopic (exact) mass is 366 g/mol. The number of ether oxygens (including phenoxy) is 1. The van der Waals surface area contributed by atoms with Gasteiger partial charge in [0.05, 0.1) is 0 Å². The van der Waals surface area contributed by atoms with Gasteiger partial charge in [-0.1, -0.05) is 0 Å². The quantitative estimate of drug-likeness (QED) is 0.244. The summed E-state index contributed by atoms with van der Waals surface area (Å²) in [4.78, 5) is 68.7. The van der Waals surface area contributed by atoms with Gasteiger partial charge < -0.3 is 43.9 Å². The summed E-state index contributed by atoms with van der Waals surface area (Å²) in [7, 11) is -23.0. The van der Waals surface area contributed by atoms with E-state index in [1.54, 1.807) is 0 Å². The van der Waals surface area contributed by atoms with E-state index in [2.05, 4.69) is 4.74 Å². The van der Waals surface area contributed by atoms with Crippen LogP contribution in [0.1, 0.15) is 0 Å². The van der Waals surface area contributed by atoms with Gasteiger partial charge in [-0.15, -0.1) is 0 Å². The molecule has 0 aliphatic heterocycles. The van der Waals surface area contributed by atoms with Crippen molar-refractivity contribution in [3.8, 4) is 0 Å². The summed E-state index contributed by atoms with van der Waals surface area (Å²) in [6.07, 6.45) is 0. The van der Waals surface area contributed by atoms with Crippen LogP contribution in [-0.2, 0) is 23.0 Å². The molecule has 0 aliphatic carbocycles. The Kier molecular flexibility index (Phi) is 5.92. The maximum Gasteiger partial charge on any atom is 0.366 e. The van der Waals surface area contributed by atoms with Gasteiger partial charge in [0.2, 0.25) is 0 Å². The van der Waals surface area contributed by atoms with Crippen molar-refractivity contribution < 1.29 is 62.1 Å². The molecule has 0 radical (unpaired) electrons. The molecule has 0 aromatic heterocycles. The van der Waals surface area contributed by atoms with Crippen LogP contribution in [0.2, 0.25) is 0 Å². The van der Waals surface area contributed by atoms with Crippen molar-refractivity contribution in [3.63, 3.8) is 0 Å². The minimum Gasteiger partial charge on any atom is -0.327 e. The second kappa shape index (κ2) is 5.75. The Morgan fingerprint density at radius 2 is 0.684 bits per heavy atom. The van der Waals surface area contributed by atoms with Crippen LogP contribution in [0.25, 0.3) is 0 Å². The SMILES string of the molecule is O=P(O)(O)C(OC(P(=O)(O)O)P(=O)(O)O)P(=O)(O)O. The maximum atomic E-state index is 10.7. The van der Waals surface area contributed by atoms with E-state index in [0.29, 0.717) is 0 Å². The minimum atomic E-state index is -5.76. The molecular formula is C2H10O13P4. The smallest absolute Gasteiger partial charge is 0.327 e. The van der Waals surface area contributed by atoms with Crippen molar-refractivity contribution in [2.45, 2.75) is 11.2 Å². The predicted molar refractivity (Wildman–Crippen MR) is 56.8 cm³/mol. The highest BCUT2D eigenvalue weighted by Crippen LogP contribution is 2.67. The molecule has 0 saturated carbocycles. The van der Waals surface area contributed by atoms with Crippen molar-refractivity contribution in [3.05, 3.63) is 0 Å². The minimum absolute atomic E-state index is 3.41. The lowest BCUT2D eigenvalue weighted by Gasteiger charge is -2.26. The third kappa shape index (κ3) is 6.24. The van der Waals surface area contributed by atoms with E-state index in [4.69, 9.17) is 39.1 Å². The molecule has 0 aliphatic rings. The van der Waals surface area contributed by atoms with Crippen LogP contribution < -0.4 is 0 Å². The molecule has 0 aromatic rings. The molecule has 0 saturated heterocycles. The Morgan fingerprint density at radius 1 is 0.526 bits per heavy atom. The highest BCUT2D eigenvalue weighted by atomic mass is 31.2. The Hall–Kier alpha value is 0.560. The maximum absolute atomic E-state index is 10.7. The van der Waals surface area contributed by atoms with Crippen molar-refractivity contribution in [1.29, 1.82) is 0 Å². The Labute approximate surface area is 104 Å². The molecule has 0 bridgehead atoms. The van der Waals surface area contributed by atoms with Crippen molar-refractivity contribution in [2.75, 3.05) is 0 Å². The van der Waals surface area contributed by atoms with Gasteiger partial charge in [-0.25, -0.2) is 0 Å². The average molecular weight is 366 g/mol. The first kappa shape index (κ1) is 19.6. The summed E-state index contributed by atoms with van der Waals surface area (Å²) in [6, 6.07) is 0. The zero-order chi connectivity index (χ0) is 15.9. The first-order chi connectivity index (χ1) is 7.97. The Morgan fingerprint density at radius 3 is 0.789 bits per heavy atom. The van der Waals surface area contributed by atoms with Crippen LogP contribution in [0.15, 0.2) is 0 Å². The van der Waals surface area contributed by atoms with Gasteiger partial charge in [0, 0.05) is 0 Å². The lowest BCUT2D eigenvalue weighted by atomic mass is 11.5. The number of rotatable bonds is 6. The normalized spacial score (nSPS) is 15.3.